The molecule has 0 atom stereocenters. The Bertz CT molecular complexity index is 1250. The van der Waals surface area contributed by atoms with Gasteiger partial charge in [-0.1, -0.05) is 30.3 Å². The summed E-state index contributed by atoms with van der Waals surface area (Å²) in [5.74, 6) is -0.000643. The lowest BCUT2D eigenvalue weighted by Crippen LogP contribution is -2.26. The molecule has 1 N–H and O–H groups in total. The van der Waals surface area contributed by atoms with Gasteiger partial charge in [0.1, 0.15) is 12.4 Å². The van der Waals surface area contributed by atoms with Crippen LogP contribution in [0, 0.1) is 6.92 Å². The Morgan fingerprint density at radius 2 is 1.87 bits per heavy atom. The highest BCUT2D eigenvalue weighted by atomic mass is 16.5. The molecule has 7 nitrogen and oxygen atoms in total. The van der Waals surface area contributed by atoms with Crippen molar-refractivity contribution in [1.29, 1.82) is 0 Å². The Balaban J connectivity index is 1.53. The average Bonchev–Trinajstić information content (AvgIpc) is 2.79. The highest BCUT2D eigenvalue weighted by Crippen LogP contribution is 2.19. The van der Waals surface area contributed by atoms with Crippen LogP contribution < -0.4 is 15.5 Å². The number of nitrogens with zero attached hydrogens (tertiary/aromatic N) is 3. The second kappa shape index (κ2) is 9.04. The summed E-state index contributed by atoms with van der Waals surface area (Å²) in [6.45, 7) is 2.12. The zero-order valence-corrected chi connectivity index (χ0v) is 16.9. The lowest BCUT2D eigenvalue weighted by Gasteiger charge is -2.12. The SMILES string of the molecule is Cc1cc(=O)c(C(=O)Nc2cccc(OCc3cccnc3)c2)nn1-c1ccccc1. The number of carbonyl (C=O) groups is 1. The number of benzene rings is 2. The van der Waals surface area contributed by atoms with E-state index in [0.29, 0.717) is 23.7 Å². The highest BCUT2D eigenvalue weighted by molar-refractivity contribution is 6.02. The predicted molar refractivity (Wildman–Crippen MR) is 118 cm³/mol. The summed E-state index contributed by atoms with van der Waals surface area (Å²) < 4.78 is 7.34. The van der Waals surface area contributed by atoms with Crippen molar-refractivity contribution in [2.24, 2.45) is 0 Å². The number of hydrogen-bond donors (Lipinski definition) is 1. The molecule has 4 rings (SSSR count). The van der Waals surface area contributed by atoms with Crippen LogP contribution in [0.15, 0.2) is 90.0 Å². The quantitative estimate of drug-likeness (QED) is 0.521. The highest BCUT2D eigenvalue weighted by Gasteiger charge is 2.16. The van der Waals surface area contributed by atoms with E-state index in [-0.39, 0.29) is 5.69 Å². The van der Waals surface area contributed by atoms with E-state index in [1.54, 1.807) is 48.3 Å². The van der Waals surface area contributed by atoms with E-state index >= 15 is 0 Å². The largest absolute Gasteiger partial charge is 0.489 e. The first-order chi connectivity index (χ1) is 15.1. The number of para-hydroxylation sites is 1. The van der Waals surface area contributed by atoms with E-state index in [9.17, 15) is 9.59 Å². The van der Waals surface area contributed by atoms with Gasteiger partial charge in [0.2, 0.25) is 5.43 Å². The molecule has 4 aromatic rings. The van der Waals surface area contributed by atoms with Crippen molar-refractivity contribution in [3.8, 4) is 11.4 Å². The van der Waals surface area contributed by atoms with Crippen LogP contribution >= 0.6 is 0 Å². The first-order valence-electron chi connectivity index (χ1n) is 9.70. The standard InChI is InChI=1S/C24H20N4O3/c1-17-13-22(29)23(27-28(17)20-9-3-2-4-10-20)24(30)26-19-8-5-11-21(14-19)31-16-18-7-6-12-25-15-18/h2-15H,16H2,1H3,(H,26,30). The fourth-order valence-corrected chi connectivity index (χ4v) is 3.04. The number of hydrogen-bond acceptors (Lipinski definition) is 5. The molecule has 0 saturated carbocycles. The molecular formula is C24H20N4O3. The molecule has 0 unspecified atom stereocenters. The maximum atomic E-state index is 12.8. The van der Waals surface area contributed by atoms with Gasteiger partial charge in [-0.05, 0) is 37.3 Å². The second-order valence-corrected chi connectivity index (χ2v) is 6.88. The van der Waals surface area contributed by atoms with Gasteiger partial charge in [0.15, 0.2) is 5.69 Å². The molecule has 0 radical (unpaired) electrons. The Hall–Kier alpha value is -4.26. The minimum absolute atomic E-state index is 0.184. The van der Waals surface area contributed by atoms with Crippen LogP contribution in [0.2, 0.25) is 0 Å². The van der Waals surface area contributed by atoms with Gasteiger partial charge in [0.25, 0.3) is 5.91 Å². The fourth-order valence-electron chi connectivity index (χ4n) is 3.04. The molecule has 2 heterocycles. The zero-order valence-electron chi connectivity index (χ0n) is 16.9. The lowest BCUT2D eigenvalue weighted by molar-refractivity contribution is 0.101. The summed E-state index contributed by atoms with van der Waals surface area (Å²) in [6.07, 6.45) is 3.43. The minimum atomic E-state index is -0.584. The molecule has 0 aliphatic heterocycles. The molecule has 1 amide bonds. The summed E-state index contributed by atoms with van der Waals surface area (Å²) in [4.78, 5) is 29.3. The van der Waals surface area contributed by atoms with E-state index in [2.05, 4.69) is 15.4 Å². The third-order valence-corrected chi connectivity index (χ3v) is 4.54. The molecule has 0 aliphatic rings. The van der Waals surface area contributed by atoms with Crippen LogP contribution in [-0.4, -0.2) is 20.7 Å². The minimum Gasteiger partial charge on any atom is -0.489 e. The van der Waals surface area contributed by atoms with Gasteiger partial charge >= 0.3 is 0 Å². The van der Waals surface area contributed by atoms with Gasteiger partial charge < -0.3 is 10.1 Å². The van der Waals surface area contributed by atoms with Crippen LogP contribution in [0.1, 0.15) is 21.7 Å². The molecule has 0 aliphatic carbocycles. The topological polar surface area (TPSA) is 86.1 Å². The zero-order chi connectivity index (χ0) is 21.6. The number of ether oxygens (including phenoxy) is 1. The molecule has 0 bridgehead atoms. The maximum Gasteiger partial charge on any atom is 0.280 e. The summed E-state index contributed by atoms with van der Waals surface area (Å²) >= 11 is 0. The van der Waals surface area contributed by atoms with E-state index in [1.165, 1.54) is 6.07 Å². The van der Waals surface area contributed by atoms with Crippen molar-refractivity contribution in [2.75, 3.05) is 5.32 Å². The molecule has 0 fully saturated rings. The van der Waals surface area contributed by atoms with Gasteiger partial charge in [0.05, 0.1) is 5.69 Å². The van der Waals surface area contributed by atoms with E-state index in [4.69, 9.17) is 4.74 Å². The Morgan fingerprint density at radius 3 is 2.65 bits per heavy atom. The van der Waals surface area contributed by atoms with Gasteiger partial charge in [0, 0.05) is 41.5 Å². The van der Waals surface area contributed by atoms with Gasteiger partial charge in [-0.3, -0.25) is 14.6 Å². The summed E-state index contributed by atoms with van der Waals surface area (Å²) in [7, 11) is 0. The molecule has 2 aromatic heterocycles. The van der Waals surface area contributed by atoms with E-state index in [1.807, 2.05) is 42.5 Å². The van der Waals surface area contributed by atoms with Gasteiger partial charge in [-0.15, -0.1) is 0 Å². The third-order valence-electron chi connectivity index (χ3n) is 4.54. The van der Waals surface area contributed by atoms with Crippen LogP contribution in [0.4, 0.5) is 5.69 Å². The number of rotatable bonds is 6. The van der Waals surface area contributed by atoms with Crippen LogP contribution in [0.3, 0.4) is 0 Å². The molecule has 2 aromatic carbocycles. The molecule has 31 heavy (non-hydrogen) atoms. The monoisotopic (exact) mass is 412 g/mol. The molecule has 0 spiro atoms. The summed E-state index contributed by atoms with van der Waals surface area (Å²) in [5.41, 5.74) is 2.21. The molecule has 154 valence electrons. The fraction of sp³-hybridized carbons (Fsp3) is 0.0833. The second-order valence-electron chi connectivity index (χ2n) is 6.88. The van der Waals surface area contributed by atoms with Crippen molar-refractivity contribution < 1.29 is 9.53 Å². The van der Waals surface area contributed by atoms with Gasteiger partial charge in [-0.2, -0.15) is 5.10 Å². The smallest absolute Gasteiger partial charge is 0.280 e. The Morgan fingerprint density at radius 1 is 1.03 bits per heavy atom. The van der Waals surface area contributed by atoms with Crippen molar-refractivity contribution in [3.63, 3.8) is 0 Å². The lowest BCUT2D eigenvalue weighted by atomic mass is 10.2. The van der Waals surface area contributed by atoms with Crippen molar-refractivity contribution in [3.05, 3.63) is 112 Å². The number of nitrogens with one attached hydrogen (secondary N) is 1. The first-order valence-corrected chi connectivity index (χ1v) is 9.70. The Labute approximate surface area is 179 Å². The molecule has 7 heteroatoms. The number of aryl methyl sites for hydroxylation is 1. The van der Waals surface area contributed by atoms with E-state index < -0.39 is 11.3 Å². The van der Waals surface area contributed by atoms with Crippen LogP contribution in [-0.2, 0) is 6.61 Å². The summed E-state index contributed by atoms with van der Waals surface area (Å²) in [5, 5.41) is 7.02. The normalized spacial score (nSPS) is 10.5. The molecule has 0 saturated heterocycles. The number of anilines is 1. The van der Waals surface area contributed by atoms with Crippen molar-refractivity contribution >= 4 is 11.6 Å². The third kappa shape index (κ3) is 4.84. The number of carbonyl (C=O) groups excluding carboxylic acids is 1. The number of amides is 1. The van der Waals surface area contributed by atoms with Crippen molar-refractivity contribution in [2.45, 2.75) is 13.5 Å². The number of aromatic nitrogens is 3. The van der Waals surface area contributed by atoms with Crippen molar-refractivity contribution in [1.82, 2.24) is 14.8 Å². The molecular weight excluding hydrogens is 392 g/mol. The van der Waals surface area contributed by atoms with Crippen LogP contribution in [0.25, 0.3) is 5.69 Å². The average molecular weight is 412 g/mol. The van der Waals surface area contributed by atoms with E-state index in [0.717, 1.165) is 11.3 Å². The maximum absolute atomic E-state index is 12.8. The first kappa shape index (κ1) is 20.0. The Kier molecular flexibility index (Phi) is 5.84. The van der Waals surface area contributed by atoms with Gasteiger partial charge in [-0.25, -0.2) is 4.68 Å². The van der Waals surface area contributed by atoms with Crippen LogP contribution in [0.5, 0.6) is 5.75 Å². The predicted octanol–water partition coefficient (Wildman–Crippen LogP) is 3.77. The number of pyridine rings is 1. The summed E-state index contributed by atoms with van der Waals surface area (Å²) in [6, 6.07) is 21.5.